The van der Waals surface area contributed by atoms with Crippen LogP contribution in [0.2, 0.25) is 0 Å². The molecular weight excluding hydrogens is 462 g/mol. The molecule has 0 spiro atoms. The van der Waals surface area contributed by atoms with Crippen LogP contribution in [0.4, 0.5) is 5.13 Å². The first-order valence-corrected chi connectivity index (χ1v) is 12.3. The summed E-state index contributed by atoms with van der Waals surface area (Å²) < 4.78 is 17.3. The maximum Gasteiger partial charge on any atom is 0.248 e. The Morgan fingerprint density at radius 1 is 1.09 bits per heavy atom. The van der Waals surface area contributed by atoms with Crippen LogP contribution in [-0.2, 0) is 22.6 Å². The molecule has 1 unspecified atom stereocenters. The van der Waals surface area contributed by atoms with Crippen LogP contribution < -0.4 is 10.2 Å². The zero-order valence-electron chi connectivity index (χ0n) is 19.2. The first kappa shape index (κ1) is 23.0. The normalized spacial score (nSPS) is 13.7. The van der Waals surface area contributed by atoms with Crippen molar-refractivity contribution in [1.29, 1.82) is 0 Å². The first-order valence-electron chi connectivity index (χ1n) is 11.5. The molecule has 0 saturated heterocycles. The summed E-state index contributed by atoms with van der Waals surface area (Å²) in [6, 6.07) is 14.7. The van der Waals surface area contributed by atoms with E-state index in [4.69, 9.17) is 14.5 Å². The molecule has 1 aromatic carbocycles. The van der Waals surface area contributed by atoms with Crippen molar-refractivity contribution in [3.05, 3.63) is 96.7 Å². The molecule has 1 aliphatic rings. The average Bonchev–Trinajstić information content (AvgIpc) is 3.69. The van der Waals surface area contributed by atoms with Crippen molar-refractivity contribution in [3.63, 3.8) is 0 Å². The quantitative estimate of drug-likeness (QED) is 0.320. The van der Waals surface area contributed by atoms with Crippen molar-refractivity contribution in [2.24, 2.45) is 0 Å². The van der Waals surface area contributed by atoms with E-state index in [0.717, 1.165) is 42.4 Å². The number of rotatable bonds is 12. The minimum absolute atomic E-state index is 0.195. The summed E-state index contributed by atoms with van der Waals surface area (Å²) in [6.45, 7) is 2.55. The second kappa shape index (κ2) is 11.6. The lowest BCUT2D eigenvalue weighted by molar-refractivity contribution is 0.0762. The van der Waals surface area contributed by atoms with Crippen LogP contribution in [0.5, 0.6) is 0 Å². The number of nitrogens with zero attached hydrogens (tertiary/aromatic N) is 6. The van der Waals surface area contributed by atoms with Crippen LogP contribution in [-0.4, -0.2) is 43.3 Å². The van der Waals surface area contributed by atoms with Gasteiger partial charge < -0.3 is 19.7 Å². The van der Waals surface area contributed by atoms with Gasteiger partial charge in [-0.25, -0.2) is 4.98 Å². The fraction of sp³-hybridized carbons (Fsp3) is 0.280. The number of hydrogen-bond donors (Lipinski definition) is 1. The summed E-state index contributed by atoms with van der Waals surface area (Å²) >= 11 is 1.39. The molecule has 180 valence electrons. The predicted octanol–water partition coefficient (Wildman–Crippen LogP) is 3.91. The highest BCUT2D eigenvalue weighted by Gasteiger charge is 2.20. The molecule has 0 fully saturated rings. The molecule has 0 bridgehead atoms. The monoisotopic (exact) mass is 489 g/mol. The number of benzene rings is 1. The summed E-state index contributed by atoms with van der Waals surface area (Å²) in [5.74, 6) is 1.49. The molecule has 4 heterocycles. The van der Waals surface area contributed by atoms with E-state index in [0.29, 0.717) is 12.5 Å². The van der Waals surface area contributed by atoms with Gasteiger partial charge in [-0.05, 0) is 23.6 Å². The van der Waals surface area contributed by atoms with Crippen molar-refractivity contribution in [1.82, 2.24) is 29.2 Å². The molecule has 1 aliphatic heterocycles. The molecule has 3 aromatic heterocycles. The van der Waals surface area contributed by atoms with Crippen LogP contribution in [0.1, 0.15) is 24.0 Å². The second-order valence-electron chi connectivity index (χ2n) is 8.20. The lowest BCUT2D eigenvalue weighted by Gasteiger charge is -2.25. The van der Waals surface area contributed by atoms with Gasteiger partial charge in [0.1, 0.15) is 18.3 Å². The Morgan fingerprint density at radius 3 is 2.77 bits per heavy atom. The number of pyridine rings is 1. The molecule has 9 nitrogen and oxygen atoms in total. The Hall–Kier alpha value is -3.76. The predicted molar refractivity (Wildman–Crippen MR) is 134 cm³/mol. The maximum absolute atomic E-state index is 5.62. The zero-order chi connectivity index (χ0) is 23.7. The minimum atomic E-state index is 0.195. The molecule has 1 N–H and O–H groups in total. The van der Waals surface area contributed by atoms with Gasteiger partial charge in [0.05, 0.1) is 0 Å². The van der Waals surface area contributed by atoms with E-state index in [2.05, 4.69) is 54.9 Å². The zero-order valence-corrected chi connectivity index (χ0v) is 20.1. The van der Waals surface area contributed by atoms with Gasteiger partial charge in [-0.1, -0.05) is 36.4 Å². The number of imidazole rings is 1. The number of anilines is 1. The van der Waals surface area contributed by atoms with E-state index in [9.17, 15) is 0 Å². The standard InChI is InChI=1S/C25H27N7O2S/c1-2-5-20(6-3-1)15-28-22(13-23-17-33-19-34-23)8-11-31(16-21-7-4-9-26-14-21)25-29-24(30-35-25)32-12-10-27-18-32/h1-7,9-10,12,14,17-18,22,28H,8,11,13,15-16,19H2. The third-order valence-electron chi connectivity index (χ3n) is 5.67. The highest BCUT2D eigenvalue weighted by atomic mass is 32.1. The maximum atomic E-state index is 5.62. The minimum Gasteiger partial charge on any atom is -0.462 e. The lowest BCUT2D eigenvalue weighted by atomic mass is 10.1. The molecule has 1 atom stereocenters. The van der Waals surface area contributed by atoms with E-state index in [-0.39, 0.29) is 12.8 Å². The van der Waals surface area contributed by atoms with Gasteiger partial charge in [-0.2, -0.15) is 9.36 Å². The van der Waals surface area contributed by atoms with Crippen LogP contribution in [0.25, 0.3) is 5.95 Å². The highest BCUT2D eigenvalue weighted by Crippen LogP contribution is 2.23. The second-order valence-corrected chi connectivity index (χ2v) is 8.93. The van der Waals surface area contributed by atoms with E-state index in [1.54, 1.807) is 25.0 Å². The molecule has 0 aliphatic carbocycles. The summed E-state index contributed by atoms with van der Waals surface area (Å²) in [5, 5.41) is 4.56. The van der Waals surface area contributed by atoms with Crippen molar-refractivity contribution in [2.75, 3.05) is 18.2 Å². The van der Waals surface area contributed by atoms with Gasteiger partial charge in [0.15, 0.2) is 0 Å². The summed E-state index contributed by atoms with van der Waals surface area (Å²) in [4.78, 5) is 15.4. The van der Waals surface area contributed by atoms with Crippen LogP contribution in [0.15, 0.2) is 85.6 Å². The summed E-state index contributed by atoms with van der Waals surface area (Å²) in [5.41, 5.74) is 2.37. The Balaban J connectivity index is 1.30. The Labute approximate surface area is 208 Å². The lowest BCUT2D eigenvalue weighted by Crippen LogP contribution is -2.34. The van der Waals surface area contributed by atoms with Crippen LogP contribution in [0, 0.1) is 0 Å². The molecule has 0 radical (unpaired) electrons. The molecule has 10 heteroatoms. The van der Waals surface area contributed by atoms with E-state index in [1.165, 1.54) is 17.1 Å². The average molecular weight is 490 g/mol. The molecule has 0 amide bonds. The third kappa shape index (κ3) is 6.43. The Morgan fingerprint density at radius 2 is 2.00 bits per heavy atom. The molecule has 35 heavy (non-hydrogen) atoms. The van der Waals surface area contributed by atoms with Gasteiger partial charge >= 0.3 is 0 Å². The molecule has 0 saturated carbocycles. The first-order chi connectivity index (χ1) is 17.3. The van der Waals surface area contributed by atoms with Gasteiger partial charge in [0.25, 0.3) is 0 Å². The molecular formula is C25H27N7O2S. The molecule has 5 rings (SSSR count). The Bertz CT molecular complexity index is 1200. The number of aromatic nitrogens is 5. The topological polar surface area (TPSA) is 90.2 Å². The van der Waals surface area contributed by atoms with Crippen molar-refractivity contribution in [3.8, 4) is 5.95 Å². The fourth-order valence-electron chi connectivity index (χ4n) is 3.84. The number of nitrogens with one attached hydrogen (secondary N) is 1. The summed E-state index contributed by atoms with van der Waals surface area (Å²) in [7, 11) is 0. The largest absolute Gasteiger partial charge is 0.462 e. The van der Waals surface area contributed by atoms with E-state index < -0.39 is 0 Å². The van der Waals surface area contributed by atoms with Crippen molar-refractivity contribution < 1.29 is 9.47 Å². The van der Waals surface area contributed by atoms with Crippen LogP contribution in [0.3, 0.4) is 0 Å². The van der Waals surface area contributed by atoms with Gasteiger partial charge in [0.2, 0.25) is 17.9 Å². The van der Waals surface area contributed by atoms with E-state index >= 15 is 0 Å². The number of ether oxygens (including phenoxy) is 2. The van der Waals surface area contributed by atoms with E-state index in [1.807, 2.05) is 29.1 Å². The van der Waals surface area contributed by atoms with Crippen molar-refractivity contribution >= 4 is 16.7 Å². The van der Waals surface area contributed by atoms with Crippen LogP contribution >= 0.6 is 11.5 Å². The fourth-order valence-corrected chi connectivity index (χ4v) is 4.53. The summed E-state index contributed by atoms with van der Waals surface area (Å²) in [6.07, 6.45) is 12.3. The van der Waals surface area contributed by atoms with Gasteiger partial charge in [0, 0.05) is 68.4 Å². The Kier molecular flexibility index (Phi) is 7.61. The van der Waals surface area contributed by atoms with Gasteiger partial charge in [-0.3, -0.25) is 9.55 Å². The third-order valence-corrected chi connectivity index (χ3v) is 6.43. The highest BCUT2D eigenvalue weighted by molar-refractivity contribution is 7.09. The van der Waals surface area contributed by atoms with Gasteiger partial charge in [-0.15, -0.1) is 0 Å². The number of hydrogen-bond acceptors (Lipinski definition) is 9. The smallest absolute Gasteiger partial charge is 0.248 e. The van der Waals surface area contributed by atoms with Crippen molar-refractivity contribution in [2.45, 2.75) is 32.0 Å². The SMILES string of the molecule is C1=C(CC(CCN(Cc2cccnc2)c2nc(-n3ccnc3)ns2)NCc2ccccc2)OCO1. The molecule has 4 aromatic rings.